The second kappa shape index (κ2) is 8.63. The zero-order chi connectivity index (χ0) is 17.7. The van der Waals surface area contributed by atoms with E-state index in [9.17, 15) is 4.79 Å². The van der Waals surface area contributed by atoms with Crippen LogP contribution in [0.25, 0.3) is 0 Å². The summed E-state index contributed by atoms with van der Waals surface area (Å²) in [7, 11) is 0. The standard InChI is InChI=1S/C19H36N2O3/c1-6-17-9-16(7-8-23-17)10-18(22)20-13-19(4,5)21-11-14(2)24-15(3)12-21/h14-17H,6-13H2,1-5H3,(H,20,22)/t14-,15-,16+,17+/m0/s1. The summed E-state index contributed by atoms with van der Waals surface area (Å²) in [6.45, 7) is 14.1. The van der Waals surface area contributed by atoms with E-state index in [4.69, 9.17) is 9.47 Å². The molecule has 1 amide bonds. The summed E-state index contributed by atoms with van der Waals surface area (Å²) >= 11 is 0. The Labute approximate surface area is 147 Å². The first kappa shape index (κ1) is 19.7. The highest BCUT2D eigenvalue weighted by molar-refractivity contribution is 5.76. The number of hydrogen-bond donors (Lipinski definition) is 1. The van der Waals surface area contributed by atoms with Crippen molar-refractivity contribution < 1.29 is 14.3 Å². The second-order valence-corrected chi connectivity index (χ2v) is 8.25. The molecule has 5 nitrogen and oxygen atoms in total. The maximum Gasteiger partial charge on any atom is 0.220 e. The van der Waals surface area contributed by atoms with Gasteiger partial charge in [0.05, 0.1) is 18.3 Å². The first-order chi connectivity index (χ1) is 11.3. The van der Waals surface area contributed by atoms with Gasteiger partial charge in [0, 0.05) is 38.2 Å². The van der Waals surface area contributed by atoms with Gasteiger partial charge in [-0.15, -0.1) is 0 Å². The van der Waals surface area contributed by atoms with E-state index in [0.717, 1.165) is 39.0 Å². The number of nitrogens with zero attached hydrogens (tertiary/aromatic N) is 1. The van der Waals surface area contributed by atoms with Crippen molar-refractivity contribution in [3.63, 3.8) is 0 Å². The van der Waals surface area contributed by atoms with E-state index in [1.807, 2.05) is 0 Å². The van der Waals surface area contributed by atoms with E-state index >= 15 is 0 Å². The molecule has 2 rings (SSSR count). The lowest BCUT2D eigenvalue weighted by molar-refractivity contribution is -0.125. The Balaban J connectivity index is 1.77. The van der Waals surface area contributed by atoms with Gasteiger partial charge in [-0.2, -0.15) is 0 Å². The monoisotopic (exact) mass is 340 g/mol. The molecule has 140 valence electrons. The minimum absolute atomic E-state index is 0.0520. The molecule has 2 aliphatic heterocycles. The minimum atomic E-state index is -0.0520. The van der Waals surface area contributed by atoms with Crippen LogP contribution in [0.15, 0.2) is 0 Å². The van der Waals surface area contributed by atoms with Gasteiger partial charge in [0.2, 0.25) is 5.91 Å². The number of carbonyl (C=O) groups is 1. The third-order valence-electron chi connectivity index (χ3n) is 5.40. The van der Waals surface area contributed by atoms with Crippen LogP contribution in [0.5, 0.6) is 0 Å². The fraction of sp³-hybridized carbons (Fsp3) is 0.947. The summed E-state index contributed by atoms with van der Waals surface area (Å²) in [4.78, 5) is 14.8. The summed E-state index contributed by atoms with van der Waals surface area (Å²) in [5.41, 5.74) is -0.0520. The van der Waals surface area contributed by atoms with E-state index in [1.54, 1.807) is 0 Å². The molecule has 24 heavy (non-hydrogen) atoms. The first-order valence-corrected chi connectivity index (χ1v) is 9.59. The van der Waals surface area contributed by atoms with Gasteiger partial charge in [0.1, 0.15) is 0 Å². The highest BCUT2D eigenvalue weighted by Crippen LogP contribution is 2.25. The van der Waals surface area contributed by atoms with E-state index in [0.29, 0.717) is 25.0 Å². The van der Waals surface area contributed by atoms with Gasteiger partial charge in [-0.1, -0.05) is 6.92 Å². The normalized spacial score (nSPS) is 32.5. The Hall–Kier alpha value is -0.650. The highest BCUT2D eigenvalue weighted by Gasteiger charge is 2.33. The lowest BCUT2D eigenvalue weighted by Crippen LogP contribution is -2.58. The third-order valence-corrected chi connectivity index (χ3v) is 5.40. The fourth-order valence-corrected chi connectivity index (χ4v) is 3.86. The van der Waals surface area contributed by atoms with Gasteiger partial charge < -0.3 is 14.8 Å². The van der Waals surface area contributed by atoms with E-state index < -0.39 is 0 Å². The predicted octanol–water partition coefficient (Wildman–Crippen LogP) is 2.59. The lowest BCUT2D eigenvalue weighted by Gasteiger charge is -2.45. The lowest BCUT2D eigenvalue weighted by atomic mass is 9.91. The van der Waals surface area contributed by atoms with Gasteiger partial charge in [0.25, 0.3) is 0 Å². The summed E-state index contributed by atoms with van der Waals surface area (Å²) in [5.74, 6) is 0.648. The summed E-state index contributed by atoms with van der Waals surface area (Å²) in [6.07, 6.45) is 4.53. The van der Waals surface area contributed by atoms with Crippen LogP contribution in [0.1, 0.15) is 60.3 Å². The number of amides is 1. The van der Waals surface area contributed by atoms with Gasteiger partial charge >= 0.3 is 0 Å². The van der Waals surface area contributed by atoms with Crippen LogP contribution in [0.3, 0.4) is 0 Å². The summed E-state index contributed by atoms with van der Waals surface area (Å²) in [6, 6.07) is 0. The van der Waals surface area contributed by atoms with E-state index in [1.165, 1.54) is 0 Å². The van der Waals surface area contributed by atoms with Crippen LogP contribution in [0, 0.1) is 5.92 Å². The quantitative estimate of drug-likeness (QED) is 0.807. The van der Waals surface area contributed by atoms with Crippen LogP contribution in [-0.4, -0.2) is 60.9 Å². The molecular formula is C19H36N2O3. The SMILES string of the molecule is CC[C@@H]1C[C@H](CC(=O)NCC(C)(C)N2C[C@H](C)O[C@@H](C)C2)CCO1. The van der Waals surface area contributed by atoms with Crippen LogP contribution in [0.4, 0.5) is 0 Å². The molecule has 5 heteroatoms. The molecule has 0 aromatic carbocycles. The second-order valence-electron chi connectivity index (χ2n) is 8.25. The number of morpholine rings is 1. The molecule has 2 fully saturated rings. The predicted molar refractivity (Wildman–Crippen MR) is 96.0 cm³/mol. The van der Waals surface area contributed by atoms with Crippen LogP contribution >= 0.6 is 0 Å². The highest BCUT2D eigenvalue weighted by atomic mass is 16.5. The number of nitrogens with one attached hydrogen (secondary N) is 1. The van der Waals surface area contributed by atoms with Crippen molar-refractivity contribution in [1.82, 2.24) is 10.2 Å². The average molecular weight is 341 g/mol. The van der Waals surface area contributed by atoms with Crippen molar-refractivity contribution in [1.29, 1.82) is 0 Å². The topological polar surface area (TPSA) is 50.8 Å². The molecule has 0 aromatic rings. The molecule has 0 radical (unpaired) electrons. The molecule has 0 spiro atoms. The molecule has 2 saturated heterocycles. The van der Waals surface area contributed by atoms with Gasteiger partial charge in [0.15, 0.2) is 0 Å². The molecule has 2 heterocycles. The fourth-order valence-electron chi connectivity index (χ4n) is 3.86. The smallest absolute Gasteiger partial charge is 0.220 e. The molecule has 1 N–H and O–H groups in total. The van der Waals surface area contributed by atoms with Crippen molar-refractivity contribution in [2.45, 2.75) is 84.2 Å². The van der Waals surface area contributed by atoms with Crippen molar-refractivity contribution >= 4 is 5.91 Å². The van der Waals surface area contributed by atoms with Gasteiger partial charge in [-0.3, -0.25) is 9.69 Å². The molecule has 0 unspecified atom stereocenters. The van der Waals surface area contributed by atoms with E-state index in [2.05, 4.69) is 44.8 Å². The number of carbonyl (C=O) groups excluding carboxylic acids is 1. The van der Waals surface area contributed by atoms with E-state index in [-0.39, 0.29) is 23.7 Å². The van der Waals surface area contributed by atoms with Crippen LogP contribution in [-0.2, 0) is 14.3 Å². The molecule has 0 aliphatic carbocycles. The molecule has 0 aromatic heterocycles. The summed E-state index contributed by atoms with van der Waals surface area (Å²) < 4.78 is 11.5. The number of ether oxygens (including phenoxy) is 2. The summed E-state index contributed by atoms with van der Waals surface area (Å²) in [5, 5.41) is 3.17. The molecule has 2 aliphatic rings. The van der Waals surface area contributed by atoms with Gasteiger partial charge in [-0.25, -0.2) is 0 Å². The van der Waals surface area contributed by atoms with Crippen molar-refractivity contribution in [2.75, 3.05) is 26.2 Å². The average Bonchev–Trinajstić information content (AvgIpc) is 2.52. The third kappa shape index (κ3) is 5.71. The number of rotatable bonds is 6. The zero-order valence-electron chi connectivity index (χ0n) is 16.1. The largest absolute Gasteiger partial charge is 0.378 e. The first-order valence-electron chi connectivity index (χ1n) is 9.59. The van der Waals surface area contributed by atoms with Crippen molar-refractivity contribution in [2.24, 2.45) is 5.92 Å². The Kier molecular flexibility index (Phi) is 7.08. The Morgan fingerprint density at radius 2 is 1.92 bits per heavy atom. The van der Waals surface area contributed by atoms with Crippen molar-refractivity contribution in [3.8, 4) is 0 Å². The molecule has 0 bridgehead atoms. The van der Waals surface area contributed by atoms with Crippen LogP contribution in [0.2, 0.25) is 0 Å². The van der Waals surface area contributed by atoms with Gasteiger partial charge in [-0.05, 0) is 52.9 Å². The molecular weight excluding hydrogens is 304 g/mol. The number of hydrogen-bond acceptors (Lipinski definition) is 4. The Morgan fingerprint density at radius 3 is 2.54 bits per heavy atom. The van der Waals surface area contributed by atoms with Crippen molar-refractivity contribution in [3.05, 3.63) is 0 Å². The maximum atomic E-state index is 12.4. The minimum Gasteiger partial charge on any atom is -0.378 e. The Bertz CT molecular complexity index is 403. The molecule has 4 atom stereocenters. The Morgan fingerprint density at radius 1 is 1.25 bits per heavy atom. The van der Waals surface area contributed by atoms with Crippen LogP contribution < -0.4 is 5.32 Å². The molecule has 0 saturated carbocycles. The maximum absolute atomic E-state index is 12.4. The zero-order valence-corrected chi connectivity index (χ0v) is 16.1.